The molecule has 0 amide bonds. The molecule has 1 heterocycles. The molecule has 2 atom stereocenters. The van der Waals surface area contributed by atoms with Gasteiger partial charge in [-0.25, -0.2) is 12.8 Å². The highest BCUT2D eigenvalue weighted by Crippen LogP contribution is 2.25. The Balaban J connectivity index is 2.32. The van der Waals surface area contributed by atoms with Gasteiger partial charge in [0.25, 0.3) is 0 Å². The maximum atomic E-state index is 13.3. The molecule has 7 heteroatoms. The zero-order valence-corrected chi connectivity index (χ0v) is 12.6. The Hall–Kier alpha value is -1.49. The second-order valence-electron chi connectivity index (χ2n) is 5.38. The highest BCUT2D eigenvalue weighted by molar-refractivity contribution is 7.89. The van der Waals surface area contributed by atoms with E-state index in [4.69, 9.17) is 11.0 Å². The monoisotopic (exact) mass is 311 g/mol. The number of nitrogens with two attached hydrogens (primary N) is 1. The summed E-state index contributed by atoms with van der Waals surface area (Å²) in [6.45, 7) is 2.65. The molecule has 1 fully saturated rings. The molecule has 1 aromatic carbocycles. The van der Waals surface area contributed by atoms with Gasteiger partial charge in [-0.05, 0) is 43.9 Å². The summed E-state index contributed by atoms with van der Waals surface area (Å²) in [5.41, 5.74) is 5.60. The fourth-order valence-corrected chi connectivity index (χ4v) is 4.08. The van der Waals surface area contributed by atoms with Crippen molar-refractivity contribution in [1.29, 1.82) is 5.26 Å². The average molecular weight is 311 g/mol. The number of nitrogens with zero attached hydrogens (tertiary/aromatic N) is 2. The lowest BCUT2D eigenvalue weighted by Gasteiger charge is -2.33. The number of benzene rings is 1. The van der Waals surface area contributed by atoms with Crippen LogP contribution in [0.4, 0.5) is 4.39 Å². The van der Waals surface area contributed by atoms with Crippen LogP contribution in [0.1, 0.15) is 25.3 Å². The SMILES string of the molecule is C[C@H](N)[C@@H]1CCCN(S(=O)(=O)c2ccc(F)c(C#N)c2)C1. The molecular formula is C14H18FN3O2S. The van der Waals surface area contributed by atoms with Crippen molar-refractivity contribution in [2.45, 2.75) is 30.7 Å². The Morgan fingerprint density at radius 2 is 2.24 bits per heavy atom. The molecule has 0 radical (unpaired) electrons. The van der Waals surface area contributed by atoms with Crippen LogP contribution in [0.3, 0.4) is 0 Å². The first-order chi connectivity index (χ1) is 9.86. The molecule has 0 unspecified atom stereocenters. The van der Waals surface area contributed by atoms with Crippen molar-refractivity contribution in [2.75, 3.05) is 13.1 Å². The molecule has 0 spiro atoms. The predicted octanol–water partition coefficient (Wildman–Crippen LogP) is 1.45. The van der Waals surface area contributed by atoms with E-state index >= 15 is 0 Å². The fourth-order valence-electron chi connectivity index (χ4n) is 2.52. The summed E-state index contributed by atoms with van der Waals surface area (Å²) < 4.78 is 39.9. The fraction of sp³-hybridized carbons (Fsp3) is 0.500. The van der Waals surface area contributed by atoms with Crippen LogP contribution >= 0.6 is 0 Å². The lowest BCUT2D eigenvalue weighted by Crippen LogP contribution is -2.44. The second-order valence-corrected chi connectivity index (χ2v) is 7.32. The third-order valence-electron chi connectivity index (χ3n) is 3.86. The molecule has 0 aliphatic carbocycles. The van der Waals surface area contributed by atoms with Crippen LogP contribution in [-0.4, -0.2) is 31.9 Å². The summed E-state index contributed by atoms with van der Waals surface area (Å²) in [7, 11) is -3.72. The van der Waals surface area contributed by atoms with E-state index in [9.17, 15) is 12.8 Å². The molecule has 5 nitrogen and oxygen atoms in total. The standard InChI is InChI=1S/C14H18FN3O2S/c1-10(17)11-3-2-6-18(9-11)21(19,20)13-4-5-14(15)12(7-13)8-16/h4-5,7,10-11H,2-3,6,9,17H2,1H3/t10-,11+/m0/s1. The van der Waals surface area contributed by atoms with Crippen LogP contribution in [0, 0.1) is 23.1 Å². The maximum absolute atomic E-state index is 13.3. The van der Waals surface area contributed by atoms with Crippen molar-refractivity contribution in [3.63, 3.8) is 0 Å². The first-order valence-corrected chi connectivity index (χ1v) is 8.25. The molecule has 2 rings (SSSR count). The Labute approximate surface area is 124 Å². The van der Waals surface area contributed by atoms with Gasteiger partial charge in [-0.2, -0.15) is 9.57 Å². The number of sulfonamides is 1. The van der Waals surface area contributed by atoms with Gasteiger partial charge in [0.05, 0.1) is 10.5 Å². The van der Waals surface area contributed by atoms with Gasteiger partial charge >= 0.3 is 0 Å². The van der Waals surface area contributed by atoms with Crippen LogP contribution in [0.2, 0.25) is 0 Å². The average Bonchev–Trinajstić information content (AvgIpc) is 2.47. The van der Waals surface area contributed by atoms with Crippen molar-refractivity contribution < 1.29 is 12.8 Å². The zero-order chi connectivity index (χ0) is 15.6. The van der Waals surface area contributed by atoms with Crippen molar-refractivity contribution >= 4 is 10.0 Å². The number of hydrogen-bond acceptors (Lipinski definition) is 4. The minimum atomic E-state index is -3.72. The van der Waals surface area contributed by atoms with Gasteiger partial charge in [-0.1, -0.05) is 0 Å². The van der Waals surface area contributed by atoms with E-state index in [1.807, 2.05) is 6.92 Å². The van der Waals surface area contributed by atoms with Crippen LogP contribution in [-0.2, 0) is 10.0 Å². The van der Waals surface area contributed by atoms with E-state index in [-0.39, 0.29) is 22.4 Å². The minimum absolute atomic E-state index is 0.0502. The topological polar surface area (TPSA) is 87.2 Å². The summed E-state index contributed by atoms with van der Waals surface area (Å²) in [6, 6.07) is 4.87. The van der Waals surface area contributed by atoms with Crippen LogP contribution < -0.4 is 5.73 Å². The third-order valence-corrected chi connectivity index (χ3v) is 5.72. The van der Waals surface area contributed by atoms with Crippen molar-refractivity contribution in [3.8, 4) is 6.07 Å². The van der Waals surface area contributed by atoms with E-state index in [1.54, 1.807) is 6.07 Å². The van der Waals surface area contributed by atoms with Crippen LogP contribution in [0.25, 0.3) is 0 Å². The molecule has 1 aromatic rings. The lowest BCUT2D eigenvalue weighted by atomic mass is 9.93. The number of halogens is 1. The van der Waals surface area contributed by atoms with E-state index in [2.05, 4.69) is 0 Å². The Bertz CT molecular complexity index is 667. The molecule has 21 heavy (non-hydrogen) atoms. The summed E-state index contributed by atoms with van der Waals surface area (Å²) in [5, 5.41) is 8.82. The summed E-state index contributed by atoms with van der Waals surface area (Å²) in [4.78, 5) is -0.0502. The van der Waals surface area contributed by atoms with E-state index in [1.165, 1.54) is 10.4 Å². The van der Waals surface area contributed by atoms with Gasteiger partial charge in [-0.15, -0.1) is 0 Å². The van der Waals surface area contributed by atoms with Gasteiger partial charge in [0.2, 0.25) is 10.0 Å². The van der Waals surface area contributed by atoms with Crippen LogP contribution in [0.15, 0.2) is 23.1 Å². The highest BCUT2D eigenvalue weighted by Gasteiger charge is 2.31. The Morgan fingerprint density at radius 3 is 2.86 bits per heavy atom. The maximum Gasteiger partial charge on any atom is 0.243 e. The predicted molar refractivity (Wildman–Crippen MR) is 76.2 cm³/mol. The van der Waals surface area contributed by atoms with Crippen molar-refractivity contribution in [1.82, 2.24) is 4.31 Å². The van der Waals surface area contributed by atoms with Gasteiger partial charge in [0, 0.05) is 19.1 Å². The lowest BCUT2D eigenvalue weighted by molar-refractivity contribution is 0.243. The largest absolute Gasteiger partial charge is 0.328 e. The third kappa shape index (κ3) is 3.23. The highest BCUT2D eigenvalue weighted by atomic mass is 32.2. The molecular weight excluding hydrogens is 293 g/mol. The van der Waals surface area contributed by atoms with Crippen LogP contribution in [0.5, 0.6) is 0 Å². The molecule has 114 valence electrons. The van der Waals surface area contributed by atoms with Gasteiger partial charge in [-0.3, -0.25) is 0 Å². The number of piperidine rings is 1. The van der Waals surface area contributed by atoms with Gasteiger partial charge in [0.15, 0.2) is 0 Å². The van der Waals surface area contributed by atoms with Crippen molar-refractivity contribution in [2.24, 2.45) is 11.7 Å². The molecule has 0 bridgehead atoms. The summed E-state index contributed by atoms with van der Waals surface area (Å²) in [6.07, 6.45) is 1.65. The first-order valence-electron chi connectivity index (χ1n) is 6.81. The van der Waals surface area contributed by atoms with E-state index in [0.717, 1.165) is 25.0 Å². The molecule has 1 saturated heterocycles. The van der Waals surface area contributed by atoms with E-state index < -0.39 is 15.8 Å². The smallest absolute Gasteiger partial charge is 0.243 e. The normalized spacial score (nSPS) is 21.7. The van der Waals surface area contributed by atoms with Crippen molar-refractivity contribution in [3.05, 3.63) is 29.6 Å². The molecule has 0 aromatic heterocycles. The Kier molecular flexibility index (Phi) is 4.61. The summed E-state index contributed by atoms with van der Waals surface area (Å²) >= 11 is 0. The molecule has 2 N–H and O–H groups in total. The number of rotatable bonds is 3. The quantitative estimate of drug-likeness (QED) is 0.915. The zero-order valence-electron chi connectivity index (χ0n) is 11.8. The van der Waals surface area contributed by atoms with Gasteiger partial charge < -0.3 is 5.73 Å². The first kappa shape index (κ1) is 15.9. The Morgan fingerprint density at radius 1 is 1.52 bits per heavy atom. The summed E-state index contributed by atoms with van der Waals surface area (Å²) in [5.74, 6) is -0.604. The molecule has 1 aliphatic heterocycles. The van der Waals surface area contributed by atoms with Gasteiger partial charge in [0.1, 0.15) is 11.9 Å². The minimum Gasteiger partial charge on any atom is -0.328 e. The number of nitriles is 1. The molecule has 1 aliphatic rings. The van der Waals surface area contributed by atoms with E-state index in [0.29, 0.717) is 13.1 Å². The number of hydrogen-bond donors (Lipinski definition) is 1. The molecule has 0 saturated carbocycles. The second kappa shape index (κ2) is 6.10.